The number of hydrogen-bond acceptors (Lipinski definition) is 8. The van der Waals surface area contributed by atoms with Crippen LogP contribution in [0.5, 0.6) is 0 Å². The molecule has 6 aromatic rings. The Balaban J connectivity index is 1.09. The minimum atomic E-state index is -4.23. The molecule has 17 heteroatoms. The maximum Gasteiger partial charge on any atom is 0.312 e. The molecule has 2 unspecified atom stereocenters. The fourth-order valence-corrected chi connectivity index (χ4v) is 10.7. The second kappa shape index (κ2) is 14.5. The number of nitrogens with two attached hydrogens (primary N) is 1. The van der Waals surface area contributed by atoms with Gasteiger partial charge >= 0.3 is 6.03 Å². The molecule has 13 nitrogen and oxygen atoms in total. The van der Waals surface area contributed by atoms with Gasteiger partial charge in [-0.3, -0.25) is 4.98 Å². The number of halogens is 2. The first kappa shape index (κ1) is 38.4. The molecule has 0 bridgehead atoms. The summed E-state index contributed by atoms with van der Waals surface area (Å²) in [7, 11) is -7.03. The monoisotopic (exact) mass is 816 g/mol. The van der Waals surface area contributed by atoms with Gasteiger partial charge in [-0.2, -0.15) is 4.31 Å². The van der Waals surface area contributed by atoms with Gasteiger partial charge in [0.2, 0.25) is 10.0 Å². The normalized spacial score (nSPS) is 17.9. The summed E-state index contributed by atoms with van der Waals surface area (Å²) in [4.78, 5) is 26.1. The van der Waals surface area contributed by atoms with Crippen molar-refractivity contribution < 1.29 is 30.4 Å². The van der Waals surface area contributed by atoms with Gasteiger partial charge in [0.1, 0.15) is 0 Å². The molecule has 2 fully saturated rings. The fourth-order valence-electron chi connectivity index (χ4n) is 7.88. The highest BCUT2D eigenvalue weighted by Crippen LogP contribution is 2.40. The third-order valence-electron chi connectivity index (χ3n) is 10.9. The number of para-hydroxylation sites is 1. The SMILES string of the molecule is CC(CN(C)S(=O)(=O)c1ccc(N2CCC(NC(N)=O)C2)c(-c2cc3ccccc3[nH]2)c1)S(=O)(=O)c1ccc(N2CCC(F)(F)C2)c(-c2cc3ncccc3[nH]2)c1. The molecule has 0 aliphatic carbocycles. The molecule has 2 atom stereocenters. The molecule has 2 saturated heterocycles. The predicted octanol–water partition coefficient (Wildman–Crippen LogP) is 5.95. The third kappa shape index (κ3) is 7.42. The number of sulfone groups is 1. The lowest BCUT2D eigenvalue weighted by Crippen LogP contribution is -2.40. The van der Waals surface area contributed by atoms with E-state index in [1.165, 1.54) is 38.2 Å². The van der Waals surface area contributed by atoms with Crippen molar-refractivity contribution in [3.63, 3.8) is 0 Å². The number of carbonyl (C=O) groups excluding carboxylic acids is 1. The quantitative estimate of drug-likeness (QED) is 0.124. The predicted molar refractivity (Wildman–Crippen MR) is 217 cm³/mol. The number of aromatic nitrogens is 3. The van der Waals surface area contributed by atoms with Crippen LogP contribution >= 0.6 is 0 Å². The largest absolute Gasteiger partial charge is 0.369 e. The second-order valence-corrected chi connectivity index (χ2v) is 19.3. The van der Waals surface area contributed by atoms with Gasteiger partial charge in [-0.25, -0.2) is 30.4 Å². The number of amides is 2. The zero-order valence-electron chi connectivity index (χ0n) is 31.2. The van der Waals surface area contributed by atoms with Gasteiger partial charge in [-0.05, 0) is 80.1 Å². The first-order chi connectivity index (χ1) is 27.1. The fraction of sp³-hybridized carbons (Fsp3) is 0.300. The molecule has 2 amide bonds. The standard InChI is InChI=1S/C40H42F2N8O5S2/c1-25(56(52,53)28-9-11-38(50-17-14-40(41,42)24-50)30(19-28)35-21-36-33(47-35)8-5-15-44-36)22-48(2)57(54,55)29-10-12-37(49-16-13-27(23-49)45-39(43)51)31(20-29)34-18-26-6-3-4-7-32(26)46-34/h3-12,15,18-21,25,27,46-47H,13-14,16-17,22-24H2,1-2H3,(H3,43,45,51). The molecule has 2 aliphatic rings. The summed E-state index contributed by atoms with van der Waals surface area (Å²) in [6.07, 6.45) is 1.96. The molecule has 0 saturated carbocycles. The molecule has 3 aromatic heterocycles. The van der Waals surface area contributed by atoms with Crippen LogP contribution in [0.3, 0.4) is 0 Å². The van der Waals surface area contributed by atoms with Crippen LogP contribution < -0.4 is 20.9 Å². The average Bonchev–Trinajstić information content (AvgIpc) is 3.99. The number of aromatic amines is 2. The number of sulfonamides is 1. The van der Waals surface area contributed by atoms with Crippen molar-refractivity contribution in [1.29, 1.82) is 0 Å². The molecule has 5 heterocycles. The number of hydrogen-bond donors (Lipinski definition) is 4. The zero-order valence-corrected chi connectivity index (χ0v) is 32.9. The number of anilines is 2. The zero-order chi connectivity index (χ0) is 40.3. The molecule has 57 heavy (non-hydrogen) atoms. The Morgan fingerprint density at radius 1 is 0.912 bits per heavy atom. The number of pyridine rings is 1. The smallest absolute Gasteiger partial charge is 0.312 e. The molecular weight excluding hydrogens is 775 g/mol. The van der Waals surface area contributed by atoms with E-state index in [4.69, 9.17) is 5.73 Å². The van der Waals surface area contributed by atoms with E-state index >= 15 is 0 Å². The van der Waals surface area contributed by atoms with Crippen LogP contribution in [0.25, 0.3) is 44.5 Å². The Labute approximate surface area is 328 Å². The number of fused-ring (bicyclic) bond motifs is 2. The lowest BCUT2D eigenvalue weighted by Gasteiger charge is -2.25. The number of H-pyrrole nitrogens is 2. The van der Waals surface area contributed by atoms with Crippen LogP contribution in [-0.4, -0.2) is 99.1 Å². The summed E-state index contributed by atoms with van der Waals surface area (Å²) < 4.78 is 86.6. The van der Waals surface area contributed by atoms with Crippen molar-refractivity contribution in [1.82, 2.24) is 24.6 Å². The molecular formula is C40H42F2N8O5S2. The van der Waals surface area contributed by atoms with Gasteiger partial charge < -0.3 is 30.8 Å². The van der Waals surface area contributed by atoms with Gasteiger partial charge in [-0.15, -0.1) is 0 Å². The molecule has 2 aliphatic heterocycles. The maximum atomic E-state index is 14.4. The Bertz CT molecular complexity index is 2670. The van der Waals surface area contributed by atoms with Crippen LogP contribution in [0.2, 0.25) is 0 Å². The van der Waals surface area contributed by atoms with Crippen LogP contribution in [0.1, 0.15) is 19.8 Å². The molecule has 298 valence electrons. The van der Waals surface area contributed by atoms with Crippen molar-refractivity contribution in [3.05, 3.63) is 91.1 Å². The van der Waals surface area contributed by atoms with Crippen LogP contribution in [0.4, 0.5) is 25.0 Å². The van der Waals surface area contributed by atoms with E-state index in [-0.39, 0.29) is 35.3 Å². The van der Waals surface area contributed by atoms with Crippen molar-refractivity contribution >= 4 is 59.2 Å². The van der Waals surface area contributed by atoms with Gasteiger partial charge in [0.25, 0.3) is 5.92 Å². The van der Waals surface area contributed by atoms with Crippen molar-refractivity contribution in [2.24, 2.45) is 5.73 Å². The van der Waals surface area contributed by atoms with Gasteiger partial charge in [-0.1, -0.05) is 18.2 Å². The number of alkyl halides is 2. The number of rotatable bonds is 11. The lowest BCUT2D eigenvalue weighted by molar-refractivity contribution is 0.0257. The highest BCUT2D eigenvalue weighted by molar-refractivity contribution is 7.92. The van der Waals surface area contributed by atoms with E-state index in [9.17, 15) is 30.4 Å². The first-order valence-corrected chi connectivity index (χ1v) is 21.5. The minimum Gasteiger partial charge on any atom is -0.369 e. The Morgan fingerprint density at radius 2 is 1.58 bits per heavy atom. The lowest BCUT2D eigenvalue weighted by atomic mass is 10.1. The average molecular weight is 817 g/mol. The molecule has 8 rings (SSSR count). The van der Waals surface area contributed by atoms with Gasteiger partial charge in [0.15, 0.2) is 9.84 Å². The highest BCUT2D eigenvalue weighted by atomic mass is 32.2. The minimum absolute atomic E-state index is 0.0283. The van der Waals surface area contributed by atoms with E-state index in [2.05, 4.69) is 25.2 Å². The summed E-state index contributed by atoms with van der Waals surface area (Å²) in [5, 5.41) is 2.50. The summed E-state index contributed by atoms with van der Waals surface area (Å²) >= 11 is 0. The van der Waals surface area contributed by atoms with Crippen molar-refractivity contribution in [3.8, 4) is 22.5 Å². The van der Waals surface area contributed by atoms with Gasteiger partial charge in [0.05, 0.1) is 38.3 Å². The van der Waals surface area contributed by atoms with Crippen molar-refractivity contribution in [2.45, 2.75) is 46.8 Å². The summed E-state index contributed by atoms with van der Waals surface area (Å²) in [6.45, 7) is 1.75. The third-order valence-corrected chi connectivity index (χ3v) is 14.8. The number of urea groups is 1. The van der Waals surface area contributed by atoms with E-state index < -0.39 is 43.6 Å². The highest BCUT2D eigenvalue weighted by Gasteiger charge is 2.40. The molecule has 3 aromatic carbocycles. The summed E-state index contributed by atoms with van der Waals surface area (Å²) in [6, 6.07) is 23.4. The maximum absolute atomic E-state index is 14.4. The number of carbonyl (C=O) groups is 1. The van der Waals surface area contributed by atoms with E-state index in [1.807, 2.05) is 36.4 Å². The topological polar surface area (TPSA) is 178 Å². The number of benzene rings is 3. The summed E-state index contributed by atoms with van der Waals surface area (Å²) in [5.41, 5.74) is 11.0. The van der Waals surface area contributed by atoms with E-state index in [0.717, 1.165) is 20.9 Å². The second-order valence-electron chi connectivity index (χ2n) is 14.9. The number of nitrogens with one attached hydrogen (secondary N) is 3. The van der Waals surface area contributed by atoms with Gasteiger partial charge in [0, 0.05) is 91.0 Å². The number of primary amides is 1. The molecule has 0 spiro atoms. The van der Waals surface area contributed by atoms with Crippen LogP contribution in [0, 0.1) is 0 Å². The Morgan fingerprint density at radius 3 is 2.28 bits per heavy atom. The summed E-state index contributed by atoms with van der Waals surface area (Å²) in [5.74, 6) is -2.88. The Hall–Kier alpha value is -5.52. The number of nitrogens with zero attached hydrogens (tertiary/aromatic N) is 4. The van der Waals surface area contributed by atoms with Crippen LogP contribution in [0.15, 0.2) is 101 Å². The first-order valence-electron chi connectivity index (χ1n) is 18.5. The van der Waals surface area contributed by atoms with Crippen LogP contribution in [-0.2, 0) is 19.9 Å². The van der Waals surface area contributed by atoms with E-state index in [1.54, 1.807) is 35.4 Å². The van der Waals surface area contributed by atoms with E-state index in [0.29, 0.717) is 58.7 Å². The Kier molecular flexibility index (Phi) is 9.72. The molecule has 0 radical (unpaired) electrons. The van der Waals surface area contributed by atoms with Crippen molar-refractivity contribution in [2.75, 3.05) is 49.6 Å². The molecule has 5 N–H and O–H groups in total.